The molecule has 94 valence electrons. The molecular weight excluding hydrogens is 206 g/mol. The summed E-state index contributed by atoms with van der Waals surface area (Å²) in [6.07, 6.45) is 0. The first-order valence-electron chi connectivity index (χ1n) is 6.59. The van der Waals surface area contributed by atoms with E-state index in [0.29, 0.717) is 17.3 Å². The fourth-order valence-electron chi connectivity index (χ4n) is 3.04. The molecule has 17 heavy (non-hydrogen) atoms. The fraction of sp³-hybridized carbons (Fsp3) is 0.625. The molecule has 1 nitrogen and oxygen atoms in total. The highest BCUT2D eigenvalue weighted by atomic mass is 14.7. The van der Waals surface area contributed by atoms with Gasteiger partial charge in [-0.2, -0.15) is 0 Å². The van der Waals surface area contributed by atoms with Crippen molar-refractivity contribution in [1.82, 2.24) is 0 Å². The molecule has 2 atom stereocenters. The van der Waals surface area contributed by atoms with Crippen LogP contribution in [-0.2, 0) is 5.41 Å². The van der Waals surface area contributed by atoms with Crippen LogP contribution in [0.2, 0.25) is 0 Å². The van der Waals surface area contributed by atoms with E-state index in [2.05, 4.69) is 58.9 Å². The zero-order valence-corrected chi connectivity index (χ0v) is 11.7. The number of hydrogen-bond donors (Lipinski definition) is 1. The van der Waals surface area contributed by atoms with Gasteiger partial charge >= 0.3 is 0 Å². The zero-order valence-electron chi connectivity index (χ0n) is 11.7. The summed E-state index contributed by atoms with van der Waals surface area (Å²) in [6.45, 7) is 12.2. The van der Waals surface area contributed by atoms with Crippen molar-refractivity contribution in [2.24, 2.45) is 17.1 Å². The summed E-state index contributed by atoms with van der Waals surface area (Å²) < 4.78 is 0. The lowest BCUT2D eigenvalue weighted by Crippen LogP contribution is -2.10. The third-order valence-corrected chi connectivity index (χ3v) is 4.44. The van der Waals surface area contributed by atoms with Crippen molar-refractivity contribution in [2.45, 2.75) is 46.0 Å². The Morgan fingerprint density at radius 2 is 1.65 bits per heavy atom. The Morgan fingerprint density at radius 3 is 2.00 bits per heavy atom. The summed E-state index contributed by atoms with van der Waals surface area (Å²) in [4.78, 5) is 0. The Hall–Kier alpha value is -0.820. The SMILES string of the molecule is CC(C)(C)c1ccc([C@H]2[C@H](CN)C2(C)C)cc1. The maximum absolute atomic E-state index is 5.84. The molecule has 0 bridgehead atoms. The van der Waals surface area contributed by atoms with Crippen LogP contribution >= 0.6 is 0 Å². The van der Waals surface area contributed by atoms with Gasteiger partial charge in [-0.3, -0.25) is 0 Å². The van der Waals surface area contributed by atoms with Gasteiger partial charge in [0.1, 0.15) is 0 Å². The van der Waals surface area contributed by atoms with E-state index in [-0.39, 0.29) is 5.41 Å². The summed E-state index contributed by atoms with van der Waals surface area (Å²) >= 11 is 0. The van der Waals surface area contributed by atoms with Crippen LogP contribution in [0.25, 0.3) is 0 Å². The molecule has 1 aliphatic carbocycles. The number of benzene rings is 1. The quantitative estimate of drug-likeness (QED) is 0.825. The summed E-state index contributed by atoms with van der Waals surface area (Å²) in [7, 11) is 0. The first kappa shape index (κ1) is 12.6. The van der Waals surface area contributed by atoms with Crippen molar-refractivity contribution in [2.75, 3.05) is 6.54 Å². The van der Waals surface area contributed by atoms with Crippen LogP contribution in [0, 0.1) is 11.3 Å². The fourth-order valence-corrected chi connectivity index (χ4v) is 3.04. The normalized spacial score (nSPS) is 26.9. The minimum absolute atomic E-state index is 0.241. The highest BCUT2D eigenvalue weighted by molar-refractivity contribution is 5.35. The van der Waals surface area contributed by atoms with E-state index in [0.717, 1.165) is 6.54 Å². The Morgan fingerprint density at radius 1 is 1.12 bits per heavy atom. The highest BCUT2D eigenvalue weighted by Gasteiger charge is 2.57. The smallest absolute Gasteiger partial charge is 0.00375 e. The molecular formula is C16H25N. The summed E-state index contributed by atoms with van der Waals surface area (Å²) in [5, 5.41) is 0. The van der Waals surface area contributed by atoms with Crippen molar-refractivity contribution in [1.29, 1.82) is 0 Å². The first-order valence-corrected chi connectivity index (χ1v) is 6.59. The monoisotopic (exact) mass is 231 g/mol. The summed E-state index contributed by atoms with van der Waals surface area (Å²) in [5.41, 5.74) is 9.33. The van der Waals surface area contributed by atoms with Crippen LogP contribution in [0.1, 0.15) is 51.7 Å². The predicted octanol–water partition coefficient (Wildman–Crippen LogP) is 3.68. The molecule has 0 heterocycles. The van der Waals surface area contributed by atoms with Gasteiger partial charge in [-0.15, -0.1) is 0 Å². The van der Waals surface area contributed by atoms with Crippen LogP contribution in [0.3, 0.4) is 0 Å². The molecule has 0 amide bonds. The van der Waals surface area contributed by atoms with Gasteiger partial charge in [-0.05, 0) is 40.3 Å². The maximum Gasteiger partial charge on any atom is -0.00375 e. The van der Waals surface area contributed by atoms with E-state index >= 15 is 0 Å². The molecule has 2 N–H and O–H groups in total. The minimum atomic E-state index is 0.241. The number of rotatable bonds is 2. The second kappa shape index (κ2) is 3.84. The average molecular weight is 231 g/mol. The van der Waals surface area contributed by atoms with Gasteiger partial charge in [0, 0.05) is 0 Å². The van der Waals surface area contributed by atoms with Gasteiger partial charge in [-0.1, -0.05) is 58.9 Å². The average Bonchev–Trinajstić information content (AvgIpc) is 2.79. The molecule has 0 saturated heterocycles. The Balaban J connectivity index is 2.21. The standard InChI is InChI=1S/C16H25N/c1-15(2,3)12-8-6-11(7-9-12)14-13(10-17)16(14,4)5/h6-9,13-14H,10,17H2,1-5H3/t13-,14-/m0/s1. The minimum Gasteiger partial charge on any atom is -0.330 e. The molecule has 1 aromatic carbocycles. The molecule has 0 aliphatic heterocycles. The zero-order chi connectivity index (χ0) is 12.8. The van der Waals surface area contributed by atoms with Gasteiger partial charge in [0.05, 0.1) is 0 Å². The molecule has 0 radical (unpaired) electrons. The number of nitrogens with two attached hydrogens (primary N) is 1. The van der Waals surface area contributed by atoms with Crippen molar-refractivity contribution in [3.05, 3.63) is 35.4 Å². The molecule has 1 saturated carbocycles. The van der Waals surface area contributed by atoms with Crippen LogP contribution in [0.15, 0.2) is 24.3 Å². The van der Waals surface area contributed by atoms with Crippen LogP contribution in [0.4, 0.5) is 0 Å². The van der Waals surface area contributed by atoms with Crippen LogP contribution < -0.4 is 5.73 Å². The summed E-state index contributed by atoms with van der Waals surface area (Å²) in [6, 6.07) is 9.14. The molecule has 1 fully saturated rings. The van der Waals surface area contributed by atoms with E-state index < -0.39 is 0 Å². The Kier molecular flexibility index (Phi) is 2.86. The molecule has 0 spiro atoms. The molecule has 1 aliphatic rings. The van der Waals surface area contributed by atoms with Gasteiger partial charge < -0.3 is 5.73 Å². The van der Waals surface area contributed by atoms with E-state index in [1.54, 1.807) is 0 Å². The molecule has 2 rings (SSSR count). The third-order valence-electron chi connectivity index (χ3n) is 4.44. The number of hydrogen-bond acceptors (Lipinski definition) is 1. The molecule has 1 aromatic rings. The highest BCUT2D eigenvalue weighted by Crippen LogP contribution is 2.63. The van der Waals surface area contributed by atoms with Crippen LogP contribution in [-0.4, -0.2) is 6.54 Å². The van der Waals surface area contributed by atoms with E-state index in [1.165, 1.54) is 11.1 Å². The van der Waals surface area contributed by atoms with Gasteiger partial charge in [0.15, 0.2) is 0 Å². The predicted molar refractivity (Wildman–Crippen MR) is 74.2 cm³/mol. The molecule has 0 unspecified atom stereocenters. The van der Waals surface area contributed by atoms with Crippen LogP contribution in [0.5, 0.6) is 0 Å². The van der Waals surface area contributed by atoms with Gasteiger partial charge in [0.25, 0.3) is 0 Å². The molecule has 0 aromatic heterocycles. The lowest BCUT2D eigenvalue weighted by atomic mass is 9.86. The maximum atomic E-state index is 5.84. The van der Waals surface area contributed by atoms with Crippen molar-refractivity contribution >= 4 is 0 Å². The topological polar surface area (TPSA) is 26.0 Å². The molecule has 1 heteroatoms. The lowest BCUT2D eigenvalue weighted by Gasteiger charge is -2.19. The second-order valence-electron chi connectivity index (χ2n) is 7.01. The third kappa shape index (κ3) is 2.13. The lowest BCUT2D eigenvalue weighted by molar-refractivity contribution is 0.558. The Labute approximate surface area is 105 Å². The van der Waals surface area contributed by atoms with E-state index in [4.69, 9.17) is 5.73 Å². The van der Waals surface area contributed by atoms with E-state index in [9.17, 15) is 0 Å². The van der Waals surface area contributed by atoms with E-state index in [1.807, 2.05) is 0 Å². The van der Waals surface area contributed by atoms with Crippen molar-refractivity contribution in [3.8, 4) is 0 Å². The van der Waals surface area contributed by atoms with Gasteiger partial charge in [0.2, 0.25) is 0 Å². The first-order chi connectivity index (χ1) is 7.78. The largest absolute Gasteiger partial charge is 0.330 e. The van der Waals surface area contributed by atoms with Crippen molar-refractivity contribution < 1.29 is 0 Å². The Bertz CT molecular complexity index is 395. The van der Waals surface area contributed by atoms with Gasteiger partial charge in [-0.25, -0.2) is 0 Å². The summed E-state index contributed by atoms with van der Waals surface area (Å²) in [5.74, 6) is 1.31. The second-order valence-corrected chi connectivity index (χ2v) is 7.01. The van der Waals surface area contributed by atoms with Crippen molar-refractivity contribution in [3.63, 3.8) is 0 Å².